The number of nitrogens with zero attached hydrogens (tertiary/aromatic N) is 1. The zero-order chi connectivity index (χ0) is 11.4. The Morgan fingerprint density at radius 1 is 1.60 bits per heavy atom. The number of hydrogen-bond donors (Lipinski definition) is 0. The van der Waals surface area contributed by atoms with Crippen LogP contribution in [-0.2, 0) is 16.0 Å². The molecule has 0 aliphatic heterocycles. The van der Waals surface area contributed by atoms with E-state index in [1.807, 2.05) is 0 Å². The minimum absolute atomic E-state index is 0.0868. The molecule has 5 heteroatoms. The van der Waals surface area contributed by atoms with E-state index in [9.17, 15) is 13.6 Å². The Balaban J connectivity index is 2.92. The molecule has 3 nitrogen and oxygen atoms in total. The second kappa shape index (κ2) is 4.82. The highest BCUT2D eigenvalue weighted by Crippen LogP contribution is 2.22. The van der Waals surface area contributed by atoms with E-state index in [0.717, 1.165) is 0 Å². The van der Waals surface area contributed by atoms with Gasteiger partial charge in [-0.2, -0.15) is 0 Å². The van der Waals surface area contributed by atoms with Gasteiger partial charge in [0.2, 0.25) is 0 Å². The first-order chi connectivity index (χ1) is 7.04. The summed E-state index contributed by atoms with van der Waals surface area (Å²) in [5, 5.41) is 0. The van der Waals surface area contributed by atoms with Crippen LogP contribution in [0, 0.1) is 6.92 Å². The molecule has 0 spiro atoms. The van der Waals surface area contributed by atoms with Crippen molar-refractivity contribution in [2.45, 2.75) is 19.8 Å². The van der Waals surface area contributed by atoms with Gasteiger partial charge in [0.1, 0.15) is 0 Å². The van der Waals surface area contributed by atoms with Gasteiger partial charge in [-0.1, -0.05) is 0 Å². The highest BCUT2D eigenvalue weighted by Gasteiger charge is 2.13. The highest BCUT2D eigenvalue weighted by atomic mass is 19.3. The van der Waals surface area contributed by atoms with E-state index < -0.39 is 12.4 Å². The van der Waals surface area contributed by atoms with Crippen LogP contribution >= 0.6 is 0 Å². The molecule has 0 saturated carbocycles. The molecule has 1 aromatic heterocycles. The maximum absolute atomic E-state index is 12.5. The molecule has 0 aromatic carbocycles. The second-order valence-electron chi connectivity index (χ2n) is 3.09. The number of rotatable bonds is 3. The van der Waals surface area contributed by atoms with Gasteiger partial charge >= 0.3 is 5.97 Å². The quantitative estimate of drug-likeness (QED) is 0.724. The lowest BCUT2D eigenvalue weighted by molar-refractivity contribution is -0.139. The van der Waals surface area contributed by atoms with Crippen LogP contribution in [-0.4, -0.2) is 18.1 Å². The molecule has 0 unspecified atom stereocenters. The number of aromatic nitrogens is 1. The topological polar surface area (TPSA) is 39.2 Å². The lowest BCUT2D eigenvalue weighted by atomic mass is 10.1. The lowest BCUT2D eigenvalue weighted by Crippen LogP contribution is -2.07. The van der Waals surface area contributed by atoms with Crippen molar-refractivity contribution in [3.05, 3.63) is 29.1 Å². The van der Waals surface area contributed by atoms with Crippen molar-refractivity contribution in [2.75, 3.05) is 7.11 Å². The molecule has 1 aromatic rings. The molecule has 0 atom stereocenters. The van der Waals surface area contributed by atoms with Crippen molar-refractivity contribution < 1.29 is 18.3 Å². The van der Waals surface area contributed by atoms with Crippen LogP contribution in [0.2, 0.25) is 0 Å². The monoisotopic (exact) mass is 215 g/mol. The summed E-state index contributed by atoms with van der Waals surface area (Å²) in [6.07, 6.45) is -1.31. The first-order valence-corrected chi connectivity index (χ1v) is 4.35. The predicted octanol–water partition coefficient (Wildman–Crippen LogP) is 2.04. The Kier molecular flexibility index (Phi) is 3.71. The van der Waals surface area contributed by atoms with Crippen molar-refractivity contribution in [3.63, 3.8) is 0 Å². The number of halogens is 2. The van der Waals surface area contributed by atoms with E-state index in [1.54, 1.807) is 6.92 Å². The van der Waals surface area contributed by atoms with Crippen molar-refractivity contribution in [3.8, 4) is 0 Å². The van der Waals surface area contributed by atoms with Gasteiger partial charge in [0.25, 0.3) is 6.43 Å². The van der Waals surface area contributed by atoms with Crippen molar-refractivity contribution in [1.29, 1.82) is 0 Å². The Hall–Kier alpha value is -1.52. The van der Waals surface area contributed by atoms with E-state index in [4.69, 9.17) is 0 Å². The number of esters is 1. The summed E-state index contributed by atoms with van der Waals surface area (Å²) >= 11 is 0. The molecule has 1 rings (SSSR count). The summed E-state index contributed by atoms with van der Waals surface area (Å²) in [5.74, 6) is -0.494. The fourth-order valence-corrected chi connectivity index (χ4v) is 1.14. The summed E-state index contributed by atoms with van der Waals surface area (Å²) in [6.45, 7) is 1.55. The third kappa shape index (κ3) is 2.97. The number of aryl methyl sites for hydroxylation is 1. The first-order valence-electron chi connectivity index (χ1n) is 4.35. The zero-order valence-electron chi connectivity index (χ0n) is 8.46. The molecule has 0 bridgehead atoms. The first kappa shape index (κ1) is 11.6. The van der Waals surface area contributed by atoms with E-state index in [1.165, 1.54) is 19.4 Å². The summed E-state index contributed by atoms with van der Waals surface area (Å²) in [4.78, 5) is 14.8. The van der Waals surface area contributed by atoms with Crippen molar-refractivity contribution in [1.82, 2.24) is 4.98 Å². The van der Waals surface area contributed by atoms with E-state index in [2.05, 4.69) is 9.72 Å². The fourth-order valence-electron chi connectivity index (χ4n) is 1.14. The Bertz CT molecular complexity index is 366. The zero-order valence-corrected chi connectivity index (χ0v) is 8.46. The van der Waals surface area contributed by atoms with Crippen LogP contribution in [0.15, 0.2) is 12.3 Å². The average Bonchev–Trinajstić information content (AvgIpc) is 2.20. The number of pyridine rings is 1. The number of carbonyl (C=O) groups excluding carboxylic acids is 1. The maximum Gasteiger partial charge on any atom is 0.311 e. The molecule has 0 amide bonds. The van der Waals surface area contributed by atoms with Crippen LogP contribution in [0.25, 0.3) is 0 Å². The molecule has 0 aliphatic carbocycles. The van der Waals surface area contributed by atoms with Gasteiger partial charge in [-0.3, -0.25) is 9.78 Å². The third-order valence-electron chi connectivity index (χ3n) is 1.99. The Labute approximate surface area is 86.1 Å². The second-order valence-corrected chi connectivity index (χ2v) is 3.09. The molecule has 82 valence electrons. The van der Waals surface area contributed by atoms with Crippen molar-refractivity contribution in [2.24, 2.45) is 0 Å². The van der Waals surface area contributed by atoms with E-state index >= 15 is 0 Å². The summed E-state index contributed by atoms with van der Waals surface area (Å²) in [6, 6.07) is 1.23. The molecule has 0 saturated heterocycles. The molecule has 1 heterocycles. The summed E-state index contributed by atoms with van der Waals surface area (Å²) < 4.78 is 29.4. The molecular formula is C10H11F2NO2. The fraction of sp³-hybridized carbons (Fsp3) is 0.400. The average molecular weight is 215 g/mol. The van der Waals surface area contributed by atoms with Gasteiger partial charge in [0, 0.05) is 11.8 Å². The summed E-state index contributed by atoms with van der Waals surface area (Å²) in [7, 11) is 1.24. The minimum atomic E-state index is -2.55. The van der Waals surface area contributed by atoms with Crippen molar-refractivity contribution >= 4 is 5.97 Å². The highest BCUT2D eigenvalue weighted by molar-refractivity contribution is 5.71. The minimum Gasteiger partial charge on any atom is -0.469 e. The number of ether oxygens (including phenoxy) is 1. The number of carbonyl (C=O) groups is 1. The van der Waals surface area contributed by atoms with Gasteiger partial charge in [0.05, 0.1) is 19.2 Å². The Morgan fingerprint density at radius 3 is 2.80 bits per heavy atom. The lowest BCUT2D eigenvalue weighted by Gasteiger charge is -2.06. The molecule has 0 fully saturated rings. The van der Waals surface area contributed by atoms with Crippen LogP contribution < -0.4 is 0 Å². The standard InChI is InChI=1S/C10H11F2NO2/c1-6-5-13-7(4-9(14)15-2)3-8(6)10(11)12/h3,5,10H,4H2,1-2H3. The van der Waals surface area contributed by atoms with Gasteiger partial charge in [0.15, 0.2) is 0 Å². The van der Waals surface area contributed by atoms with Crippen LogP contribution in [0.5, 0.6) is 0 Å². The Morgan fingerprint density at radius 2 is 2.27 bits per heavy atom. The normalized spacial score (nSPS) is 10.5. The maximum atomic E-state index is 12.5. The van der Waals surface area contributed by atoms with Crippen LogP contribution in [0.1, 0.15) is 23.2 Å². The van der Waals surface area contributed by atoms with E-state index in [0.29, 0.717) is 11.3 Å². The molecule has 15 heavy (non-hydrogen) atoms. The number of hydrogen-bond acceptors (Lipinski definition) is 3. The van der Waals surface area contributed by atoms with Crippen LogP contribution in [0.3, 0.4) is 0 Å². The predicted molar refractivity (Wildman–Crippen MR) is 49.7 cm³/mol. The summed E-state index contributed by atoms with van der Waals surface area (Å²) in [5.41, 5.74) is 0.616. The largest absolute Gasteiger partial charge is 0.469 e. The van der Waals surface area contributed by atoms with Gasteiger partial charge in [-0.25, -0.2) is 8.78 Å². The SMILES string of the molecule is COC(=O)Cc1cc(C(F)F)c(C)cn1. The molecule has 0 radical (unpaired) electrons. The van der Waals surface area contributed by atoms with Crippen LogP contribution in [0.4, 0.5) is 8.78 Å². The van der Waals surface area contributed by atoms with E-state index in [-0.39, 0.29) is 12.0 Å². The molecule has 0 N–H and O–H groups in total. The van der Waals surface area contributed by atoms with Gasteiger partial charge < -0.3 is 4.74 Å². The van der Waals surface area contributed by atoms with Gasteiger partial charge in [-0.15, -0.1) is 0 Å². The molecular weight excluding hydrogens is 204 g/mol. The molecule has 0 aliphatic rings. The van der Waals surface area contributed by atoms with Gasteiger partial charge in [-0.05, 0) is 18.6 Å². The smallest absolute Gasteiger partial charge is 0.311 e. The third-order valence-corrected chi connectivity index (χ3v) is 1.99. The number of alkyl halides is 2. The number of methoxy groups -OCH3 is 1.